The van der Waals surface area contributed by atoms with Crippen molar-refractivity contribution in [3.63, 3.8) is 0 Å². The van der Waals surface area contributed by atoms with E-state index in [1.54, 1.807) is 18.2 Å². The molecule has 1 aliphatic rings. The van der Waals surface area contributed by atoms with Crippen molar-refractivity contribution >= 4 is 11.6 Å². The molecule has 5 nitrogen and oxygen atoms in total. The molecule has 0 saturated heterocycles. The van der Waals surface area contributed by atoms with Crippen molar-refractivity contribution in [3.05, 3.63) is 23.8 Å². The van der Waals surface area contributed by atoms with E-state index >= 15 is 0 Å². The molecule has 1 fully saturated rings. The summed E-state index contributed by atoms with van der Waals surface area (Å²) >= 11 is 0. The Balaban J connectivity index is 2.00. The Labute approximate surface area is 125 Å². The molecule has 1 aliphatic carbocycles. The van der Waals surface area contributed by atoms with Crippen LogP contribution in [0.1, 0.15) is 43.0 Å². The number of ether oxygens (including phenoxy) is 1. The van der Waals surface area contributed by atoms with Gasteiger partial charge in [-0.25, -0.2) is 0 Å². The Bertz CT molecular complexity index is 508. The molecule has 21 heavy (non-hydrogen) atoms. The predicted octanol–water partition coefficient (Wildman–Crippen LogP) is 1.95. The molecule has 0 spiro atoms. The smallest absolute Gasteiger partial charge is 0.255 e. The molecule has 1 aromatic rings. The lowest BCUT2D eigenvalue weighted by Gasteiger charge is -2.35. The van der Waals surface area contributed by atoms with Gasteiger partial charge in [0.15, 0.2) is 0 Å². The van der Waals surface area contributed by atoms with Crippen LogP contribution in [0, 0.1) is 5.92 Å². The second-order valence-corrected chi connectivity index (χ2v) is 6.05. The number of nitrogens with two attached hydrogens (primary N) is 1. The second kappa shape index (κ2) is 6.35. The van der Waals surface area contributed by atoms with E-state index in [1.165, 1.54) is 7.11 Å². The highest BCUT2D eigenvalue weighted by Crippen LogP contribution is 2.31. The zero-order valence-electron chi connectivity index (χ0n) is 12.7. The minimum Gasteiger partial charge on any atom is -0.496 e. The first-order chi connectivity index (χ1) is 9.93. The largest absolute Gasteiger partial charge is 0.496 e. The van der Waals surface area contributed by atoms with Crippen molar-refractivity contribution in [1.82, 2.24) is 5.32 Å². The van der Waals surface area contributed by atoms with E-state index in [2.05, 4.69) is 12.2 Å². The number of nitrogen functional groups attached to an aromatic ring is 1. The van der Waals surface area contributed by atoms with E-state index in [0.29, 0.717) is 22.9 Å². The minimum atomic E-state index is -0.796. The van der Waals surface area contributed by atoms with Crippen LogP contribution in [-0.4, -0.2) is 30.3 Å². The molecule has 0 aliphatic heterocycles. The number of carbonyl (C=O) groups is 1. The molecule has 1 saturated carbocycles. The summed E-state index contributed by atoms with van der Waals surface area (Å²) in [5.74, 6) is 0.854. The standard InChI is InChI=1S/C16H24N2O3/c1-11-5-7-16(20,8-6-11)10-18-15(19)13-9-12(17)3-4-14(13)21-2/h3-4,9,11,20H,5-8,10,17H2,1-2H3,(H,18,19). The first-order valence-electron chi connectivity index (χ1n) is 7.37. The number of aliphatic hydroxyl groups is 1. The average molecular weight is 292 g/mol. The van der Waals surface area contributed by atoms with Gasteiger partial charge in [-0.15, -0.1) is 0 Å². The van der Waals surface area contributed by atoms with Crippen LogP contribution in [0.3, 0.4) is 0 Å². The minimum absolute atomic E-state index is 0.260. The van der Waals surface area contributed by atoms with Crippen LogP contribution in [-0.2, 0) is 0 Å². The summed E-state index contributed by atoms with van der Waals surface area (Å²) in [6.45, 7) is 2.45. The number of benzene rings is 1. The number of methoxy groups -OCH3 is 1. The van der Waals surface area contributed by atoms with E-state index in [9.17, 15) is 9.90 Å². The van der Waals surface area contributed by atoms with Crippen molar-refractivity contribution in [2.24, 2.45) is 5.92 Å². The maximum Gasteiger partial charge on any atom is 0.255 e. The molecule has 1 aromatic carbocycles. The second-order valence-electron chi connectivity index (χ2n) is 6.05. The number of carbonyl (C=O) groups excluding carboxylic acids is 1. The SMILES string of the molecule is COc1ccc(N)cc1C(=O)NCC1(O)CCC(C)CC1. The Morgan fingerprint density at radius 3 is 2.76 bits per heavy atom. The van der Waals surface area contributed by atoms with E-state index in [0.717, 1.165) is 25.7 Å². The monoisotopic (exact) mass is 292 g/mol. The van der Waals surface area contributed by atoms with Gasteiger partial charge in [0.05, 0.1) is 18.3 Å². The van der Waals surface area contributed by atoms with Crippen molar-refractivity contribution in [3.8, 4) is 5.75 Å². The molecular formula is C16H24N2O3. The lowest BCUT2D eigenvalue weighted by Crippen LogP contribution is -2.45. The zero-order valence-corrected chi connectivity index (χ0v) is 12.7. The van der Waals surface area contributed by atoms with Crippen LogP contribution in [0.25, 0.3) is 0 Å². The van der Waals surface area contributed by atoms with Gasteiger partial charge >= 0.3 is 0 Å². The van der Waals surface area contributed by atoms with Crippen LogP contribution in [0.4, 0.5) is 5.69 Å². The third-order valence-electron chi connectivity index (χ3n) is 4.25. The number of anilines is 1. The van der Waals surface area contributed by atoms with Crippen molar-refractivity contribution < 1.29 is 14.6 Å². The van der Waals surface area contributed by atoms with Crippen molar-refractivity contribution in [1.29, 1.82) is 0 Å². The Hall–Kier alpha value is -1.75. The van der Waals surface area contributed by atoms with Crippen LogP contribution < -0.4 is 15.8 Å². The van der Waals surface area contributed by atoms with E-state index in [1.807, 2.05) is 0 Å². The number of hydrogen-bond donors (Lipinski definition) is 3. The molecule has 0 unspecified atom stereocenters. The molecule has 0 aromatic heterocycles. The maximum absolute atomic E-state index is 12.3. The average Bonchev–Trinajstić information content (AvgIpc) is 2.48. The fourth-order valence-corrected chi connectivity index (χ4v) is 2.72. The topological polar surface area (TPSA) is 84.6 Å². The lowest BCUT2D eigenvalue weighted by atomic mass is 9.79. The molecule has 0 bridgehead atoms. The van der Waals surface area contributed by atoms with Gasteiger partial charge in [0.1, 0.15) is 5.75 Å². The maximum atomic E-state index is 12.3. The van der Waals surface area contributed by atoms with Gasteiger partial charge in [-0.3, -0.25) is 4.79 Å². The third-order valence-corrected chi connectivity index (χ3v) is 4.25. The fourth-order valence-electron chi connectivity index (χ4n) is 2.72. The summed E-state index contributed by atoms with van der Waals surface area (Å²) in [6, 6.07) is 4.94. The van der Waals surface area contributed by atoms with Crippen LogP contribution in [0.5, 0.6) is 5.75 Å². The molecule has 1 amide bonds. The molecule has 5 heteroatoms. The van der Waals surface area contributed by atoms with Crippen molar-refractivity contribution in [2.75, 3.05) is 19.4 Å². The molecule has 0 atom stereocenters. The third kappa shape index (κ3) is 3.88. The first kappa shape index (κ1) is 15.6. The zero-order chi connectivity index (χ0) is 15.5. The highest BCUT2D eigenvalue weighted by atomic mass is 16.5. The summed E-state index contributed by atoms with van der Waals surface area (Å²) in [4.78, 5) is 12.3. The Kier molecular flexibility index (Phi) is 4.73. The molecule has 116 valence electrons. The van der Waals surface area contributed by atoms with Crippen LogP contribution in [0.2, 0.25) is 0 Å². The summed E-state index contributed by atoms with van der Waals surface area (Å²) in [5.41, 5.74) is 5.82. The summed E-state index contributed by atoms with van der Waals surface area (Å²) < 4.78 is 5.17. The summed E-state index contributed by atoms with van der Waals surface area (Å²) in [5, 5.41) is 13.3. The van der Waals surface area contributed by atoms with Gasteiger partial charge in [-0.2, -0.15) is 0 Å². The lowest BCUT2D eigenvalue weighted by molar-refractivity contribution is -0.00542. The summed E-state index contributed by atoms with van der Waals surface area (Å²) in [7, 11) is 1.51. The summed E-state index contributed by atoms with van der Waals surface area (Å²) in [6.07, 6.45) is 3.44. The normalized spacial score (nSPS) is 25.4. The van der Waals surface area contributed by atoms with Gasteiger partial charge in [-0.1, -0.05) is 6.92 Å². The predicted molar refractivity (Wildman–Crippen MR) is 82.3 cm³/mol. The van der Waals surface area contributed by atoms with Crippen LogP contribution in [0.15, 0.2) is 18.2 Å². The van der Waals surface area contributed by atoms with Gasteiger partial charge < -0.3 is 20.9 Å². The molecule has 2 rings (SSSR count). The van der Waals surface area contributed by atoms with E-state index in [4.69, 9.17) is 10.5 Å². The van der Waals surface area contributed by atoms with Gasteiger partial charge in [0, 0.05) is 12.2 Å². The molecule has 4 N–H and O–H groups in total. The number of rotatable bonds is 4. The van der Waals surface area contributed by atoms with Gasteiger partial charge in [-0.05, 0) is 49.8 Å². The Morgan fingerprint density at radius 1 is 1.48 bits per heavy atom. The highest BCUT2D eigenvalue weighted by molar-refractivity contribution is 5.97. The fraction of sp³-hybridized carbons (Fsp3) is 0.562. The highest BCUT2D eigenvalue weighted by Gasteiger charge is 2.32. The first-order valence-corrected chi connectivity index (χ1v) is 7.37. The number of hydrogen-bond acceptors (Lipinski definition) is 4. The van der Waals surface area contributed by atoms with Crippen molar-refractivity contribution in [2.45, 2.75) is 38.2 Å². The quantitative estimate of drug-likeness (QED) is 0.741. The number of nitrogens with one attached hydrogen (secondary N) is 1. The Morgan fingerprint density at radius 2 is 2.14 bits per heavy atom. The molecule has 0 heterocycles. The van der Waals surface area contributed by atoms with E-state index in [-0.39, 0.29) is 12.5 Å². The van der Waals surface area contributed by atoms with Crippen LogP contribution >= 0.6 is 0 Å². The van der Waals surface area contributed by atoms with Gasteiger partial charge in [0.2, 0.25) is 0 Å². The molecular weight excluding hydrogens is 268 g/mol. The van der Waals surface area contributed by atoms with Gasteiger partial charge in [0.25, 0.3) is 5.91 Å². The van der Waals surface area contributed by atoms with E-state index < -0.39 is 5.60 Å². The molecule has 0 radical (unpaired) electrons. The number of amides is 1.